The summed E-state index contributed by atoms with van der Waals surface area (Å²) in [5.41, 5.74) is 2.47. The number of hydrogen-bond donors (Lipinski definition) is 0. The van der Waals surface area contributed by atoms with Crippen LogP contribution in [0.1, 0.15) is 27.5 Å². The molecule has 2 aromatic rings. The Balaban J connectivity index is 1.65. The van der Waals surface area contributed by atoms with Crippen LogP contribution in [0.4, 0.5) is 0 Å². The van der Waals surface area contributed by atoms with E-state index in [1.807, 2.05) is 23.9 Å². The maximum absolute atomic E-state index is 12.8. The zero-order chi connectivity index (χ0) is 16.7. The fourth-order valence-corrected chi connectivity index (χ4v) is 4.85. The third-order valence-corrected chi connectivity index (χ3v) is 6.08. The van der Waals surface area contributed by atoms with Gasteiger partial charge in [0.1, 0.15) is 0 Å². The van der Waals surface area contributed by atoms with Gasteiger partial charge in [-0.1, -0.05) is 23.4 Å². The summed E-state index contributed by atoms with van der Waals surface area (Å²) < 4.78 is 1.06. The van der Waals surface area contributed by atoms with E-state index < -0.39 is 0 Å². The van der Waals surface area contributed by atoms with Crippen LogP contribution in [-0.2, 0) is 0 Å². The zero-order valence-electron chi connectivity index (χ0n) is 12.7. The normalized spacial score (nSPS) is 19.3. The average molecular weight is 469 g/mol. The van der Waals surface area contributed by atoms with E-state index in [4.69, 9.17) is 16.6 Å². The van der Waals surface area contributed by atoms with Gasteiger partial charge in [0.25, 0.3) is 0 Å². The van der Waals surface area contributed by atoms with E-state index in [9.17, 15) is 4.79 Å². The summed E-state index contributed by atoms with van der Waals surface area (Å²) in [5.74, 6) is 1.14. The van der Waals surface area contributed by atoms with Crippen molar-refractivity contribution in [2.45, 2.75) is 6.04 Å². The van der Waals surface area contributed by atoms with Gasteiger partial charge in [0.05, 0.1) is 6.04 Å². The second kappa shape index (κ2) is 6.69. The molecule has 0 bridgehead atoms. The third-order valence-electron chi connectivity index (χ3n) is 4.20. The molecule has 1 saturated heterocycles. The van der Waals surface area contributed by atoms with Crippen molar-refractivity contribution in [3.05, 3.63) is 67.7 Å². The molecule has 1 unspecified atom stereocenters. The van der Waals surface area contributed by atoms with Gasteiger partial charge in [-0.2, -0.15) is 0 Å². The standard InChI is InChI=1S/C18H14ClIN2OS/c19-14-3-1-11(2-4-14)17(23)13-7-12(8-15(20)9-13)16-10-22-5-6-24-18(22)21-16/h1-4,7-9,16H,5-6,10H2. The molecule has 0 N–H and O–H groups in total. The molecule has 2 aromatic carbocycles. The highest BCUT2D eigenvalue weighted by atomic mass is 127. The molecule has 1 atom stereocenters. The molecule has 2 heterocycles. The number of halogens is 2. The van der Waals surface area contributed by atoms with E-state index in [2.05, 4.69) is 33.6 Å². The minimum Gasteiger partial charge on any atom is -0.348 e. The molecular weight excluding hydrogens is 455 g/mol. The highest BCUT2D eigenvalue weighted by Gasteiger charge is 2.30. The number of benzene rings is 2. The Morgan fingerprint density at radius 2 is 2.00 bits per heavy atom. The predicted octanol–water partition coefficient (Wildman–Crippen LogP) is 4.64. The van der Waals surface area contributed by atoms with Crippen LogP contribution >= 0.6 is 46.0 Å². The molecule has 122 valence electrons. The van der Waals surface area contributed by atoms with Gasteiger partial charge in [-0.3, -0.25) is 9.79 Å². The Morgan fingerprint density at radius 1 is 1.21 bits per heavy atom. The van der Waals surface area contributed by atoms with Gasteiger partial charge in [-0.25, -0.2) is 0 Å². The van der Waals surface area contributed by atoms with E-state index in [1.54, 1.807) is 24.3 Å². The summed E-state index contributed by atoms with van der Waals surface area (Å²) in [6.07, 6.45) is 0. The van der Waals surface area contributed by atoms with Gasteiger partial charge < -0.3 is 4.90 Å². The van der Waals surface area contributed by atoms with Crippen molar-refractivity contribution in [2.75, 3.05) is 18.8 Å². The number of amidine groups is 1. The first-order valence-electron chi connectivity index (χ1n) is 7.66. The molecule has 2 aliphatic heterocycles. The number of thioether (sulfide) groups is 1. The maximum Gasteiger partial charge on any atom is 0.193 e. The Bertz CT molecular complexity index is 837. The number of ketones is 1. The van der Waals surface area contributed by atoms with Crippen LogP contribution in [0.2, 0.25) is 5.02 Å². The number of carbonyl (C=O) groups is 1. The smallest absolute Gasteiger partial charge is 0.193 e. The molecule has 0 aliphatic carbocycles. The second-order valence-corrected chi connectivity index (χ2v) is 8.58. The Kier molecular flexibility index (Phi) is 4.58. The summed E-state index contributed by atoms with van der Waals surface area (Å²) in [5, 5.41) is 1.78. The molecule has 6 heteroatoms. The lowest BCUT2D eigenvalue weighted by molar-refractivity contribution is 0.103. The number of rotatable bonds is 3. The van der Waals surface area contributed by atoms with Crippen LogP contribution in [0, 0.1) is 3.57 Å². The summed E-state index contributed by atoms with van der Waals surface area (Å²) in [6.45, 7) is 1.98. The molecular formula is C18H14ClIN2OS. The molecule has 3 nitrogen and oxygen atoms in total. The Labute approximate surface area is 163 Å². The van der Waals surface area contributed by atoms with Crippen LogP contribution in [0.5, 0.6) is 0 Å². The molecule has 0 aromatic heterocycles. The van der Waals surface area contributed by atoms with Gasteiger partial charge in [-0.15, -0.1) is 0 Å². The second-order valence-electron chi connectivity index (χ2n) is 5.83. The molecule has 0 spiro atoms. The van der Waals surface area contributed by atoms with Crippen LogP contribution < -0.4 is 0 Å². The first-order chi connectivity index (χ1) is 11.6. The van der Waals surface area contributed by atoms with Crippen LogP contribution in [0.3, 0.4) is 0 Å². The number of nitrogens with zero attached hydrogens (tertiary/aromatic N) is 2. The molecule has 1 fully saturated rings. The largest absolute Gasteiger partial charge is 0.348 e. The van der Waals surface area contributed by atoms with Crippen molar-refractivity contribution in [1.82, 2.24) is 4.90 Å². The Hall–Kier alpha value is -1.05. The maximum atomic E-state index is 12.8. The SMILES string of the molecule is O=C(c1ccc(Cl)cc1)c1cc(I)cc(C2CN3CCSC3=N2)c1. The molecule has 0 amide bonds. The first-order valence-corrected chi connectivity index (χ1v) is 10.1. The molecule has 24 heavy (non-hydrogen) atoms. The summed E-state index contributed by atoms with van der Waals surface area (Å²) >= 11 is 10.00. The minimum atomic E-state index is 0.0203. The van der Waals surface area contributed by atoms with Crippen LogP contribution in [0.15, 0.2) is 47.5 Å². The molecule has 0 radical (unpaired) electrons. The lowest BCUT2D eigenvalue weighted by Crippen LogP contribution is -2.22. The van der Waals surface area contributed by atoms with Gasteiger partial charge in [0, 0.05) is 38.6 Å². The van der Waals surface area contributed by atoms with Crippen molar-refractivity contribution in [3.63, 3.8) is 0 Å². The predicted molar refractivity (Wildman–Crippen MR) is 108 cm³/mol. The van der Waals surface area contributed by atoms with E-state index in [0.717, 1.165) is 33.1 Å². The van der Waals surface area contributed by atoms with E-state index >= 15 is 0 Å². The van der Waals surface area contributed by atoms with Crippen LogP contribution in [-0.4, -0.2) is 34.7 Å². The zero-order valence-corrected chi connectivity index (χ0v) is 16.4. The van der Waals surface area contributed by atoms with Crippen molar-refractivity contribution in [1.29, 1.82) is 0 Å². The van der Waals surface area contributed by atoms with E-state index in [0.29, 0.717) is 16.1 Å². The number of aliphatic imine (C=N–C) groups is 1. The van der Waals surface area contributed by atoms with Crippen molar-refractivity contribution >= 4 is 56.9 Å². The third kappa shape index (κ3) is 3.21. The Morgan fingerprint density at radius 3 is 2.75 bits per heavy atom. The molecule has 2 aliphatic rings. The van der Waals surface area contributed by atoms with Crippen molar-refractivity contribution < 1.29 is 4.79 Å². The molecule has 4 rings (SSSR count). The van der Waals surface area contributed by atoms with Gasteiger partial charge in [-0.05, 0) is 70.6 Å². The van der Waals surface area contributed by atoms with Gasteiger partial charge >= 0.3 is 0 Å². The van der Waals surface area contributed by atoms with Gasteiger partial charge in [0.2, 0.25) is 0 Å². The fraction of sp³-hybridized carbons (Fsp3) is 0.222. The van der Waals surface area contributed by atoms with E-state index in [1.165, 1.54) is 0 Å². The highest BCUT2D eigenvalue weighted by Crippen LogP contribution is 2.33. The fourth-order valence-electron chi connectivity index (χ4n) is 2.99. The molecule has 0 saturated carbocycles. The van der Waals surface area contributed by atoms with Crippen molar-refractivity contribution in [2.24, 2.45) is 4.99 Å². The summed E-state index contributed by atoms with van der Waals surface area (Å²) in [4.78, 5) is 19.9. The average Bonchev–Trinajstić information content (AvgIpc) is 3.16. The lowest BCUT2D eigenvalue weighted by atomic mass is 9.99. The minimum absolute atomic E-state index is 0.0203. The summed E-state index contributed by atoms with van der Waals surface area (Å²) in [7, 11) is 0. The lowest BCUT2D eigenvalue weighted by Gasteiger charge is -2.14. The number of carbonyl (C=O) groups excluding carboxylic acids is 1. The van der Waals surface area contributed by atoms with Crippen molar-refractivity contribution in [3.8, 4) is 0 Å². The monoisotopic (exact) mass is 468 g/mol. The first kappa shape index (κ1) is 16.4. The topological polar surface area (TPSA) is 32.7 Å². The highest BCUT2D eigenvalue weighted by molar-refractivity contribution is 14.1. The van der Waals surface area contributed by atoms with E-state index in [-0.39, 0.29) is 11.8 Å². The number of fused-ring (bicyclic) bond motifs is 1. The number of hydrogen-bond acceptors (Lipinski definition) is 4. The quantitative estimate of drug-likeness (QED) is 0.486. The van der Waals surface area contributed by atoms with Crippen LogP contribution in [0.25, 0.3) is 0 Å². The van der Waals surface area contributed by atoms with Gasteiger partial charge in [0.15, 0.2) is 11.0 Å². The summed E-state index contributed by atoms with van der Waals surface area (Å²) in [6, 6.07) is 13.2.